The molecule has 8 N–H and O–H groups in total. The first-order valence-electron chi connectivity index (χ1n) is 7.31. The summed E-state index contributed by atoms with van der Waals surface area (Å²) in [5.74, 6) is -0.0707. The summed E-state index contributed by atoms with van der Waals surface area (Å²) in [5.41, 5.74) is 4.50. The third-order valence-electron chi connectivity index (χ3n) is 2.64. The number of anilines is 1. The maximum absolute atomic E-state index is 11.6. The van der Waals surface area contributed by atoms with Gasteiger partial charge in [-0.3, -0.25) is 9.09 Å². The van der Waals surface area contributed by atoms with Crippen molar-refractivity contribution in [3.05, 3.63) is 22.7 Å². The molecule has 0 radical (unpaired) electrons. The first kappa shape index (κ1) is 28.2. The lowest BCUT2D eigenvalue weighted by molar-refractivity contribution is -0.0715. The Bertz CT molecular complexity index is 1000. The fourth-order valence-electron chi connectivity index (χ4n) is 1.61. The summed E-state index contributed by atoms with van der Waals surface area (Å²) in [6, 6.07) is 1.26. The van der Waals surface area contributed by atoms with Crippen LogP contribution in [0.4, 0.5) is 5.82 Å². The van der Waals surface area contributed by atoms with Crippen LogP contribution in [0.15, 0.2) is 17.1 Å². The van der Waals surface area contributed by atoms with Gasteiger partial charge in [0.15, 0.2) is 6.79 Å². The van der Waals surface area contributed by atoms with E-state index < -0.39 is 56.5 Å². The van der Waals surface area contributed by atoms with E-state index >= 15 is 0 Å². The Morgan fingerprint density at radius 2 is 1.55 bits per heavy atom. The molecule has 0 amide bonds. The van der Waals surface area contributed by atoms with Crippen molar-refractivity contribution < 1.29 is 70.0 Å². The highest BCUT2D eigenvalue weighted by Gasteiger charge is 2.45. The van der Waals surface area contributed by atoms with Gasteiger partial charge in [-0.1, -0.05) is 0 Å². The van der Waals surface area contributed by atoms with Crippen LogP contribution >= 0.6 is 31.3 Å². The highest BCUT2D eigenvalue weighted by atomic mass is 31.3. The quantitative estimate of drug-likeness (QED) is 0.113. The van der Waals surface area contributed by atoms with Gasteiger partial charge >= 0.3 is 37.0 Å². The topological polar surface area (TPSA) is 297 Å². The summed E-state index contributed by atoms with van der Waals surface area (Å²) < 4.78 is 65.0. The third-order valence-corrected chi connectivity index (χ3v) is 8.05. The molecule has 0 saturated heterocycles. The zero-order chi connectivity index (χ0) is 24.1. The van der Waals surface area contributed by atoms with Crippen LogP contribution in [0, 0.1) is 0 Å². The van der Waals surface area contributed by atoms with E-state index in [1.165, 1.54) is 12.3 Å². The number of hydrogen-bond donors (Lipinski definition) is 7. The minimum Gasteiger partial charge on any atom is -0.394 e. The molecule has 23 heteroatoms. The van der Waals surface area contributed by atoms with E-state index in [1.807, 2.05) is 0 Å². The molecule has 0 aliphatic carbocycles. The molecule has 0 aliphatic heterocycles. The van der Waals surface area contributed by atoms with Crippen LogP contribution in [-0.2, 0) is 47.0 Å². The van der Waals surface area contributed by atoms with Crippen molar-refractivity contribution in [2.45, 2.75) is 12.6 Å². The number of nitrogen functional groups attached to an aromatic ring is 1. The number of rotatable bonds is 13. The van der Waals surface area contributed by atoms with Gasteiger partial charge in [-0.05, 0) is 6.07 Å². The first-order chi connectivity index (χ1) is 13.9. The summed E-state index contributed by atoms with van der Waals surface area (Å²) >= 11 is 0. The summed E-state index contributed by atoms with van der Waals surface area (Å²) in [4.78, 5) is 59.2. The Morgan fingerprint density at radius 3 is 2.06 bits per heavy atom. The van der Waals surface area contributed by atoms with Gasteiger partial charge in [0, 0.05) is 6.20 Å². The fraction of sp³-hybridized carbons (Fsp3) is 0.500. The number of nitrogens with zero attached hydrogens (tertiary/aromatic N) is 2. The fourth-order valence-corrected chi connectivity index (χ4v) is 5.92. The molecular formula is C8H17N3O16P4. The zero-order valence-corrected chi connectivity index (χ0v) is 18.5. The van der Waals surface area contributed by atoms with Crippen LogP contribution in [0.3, 0.4) is 0 Å². The van der Waals surface area contributed by atoms with E-state index in [0.717, 1.165) is 4.57 Å². The van der Waals surface area contributed by atoms with Gasteiger partial charge in [0.05, 0.1) is 13.2 Å². The van der Waals surface area contributed by atoms with E-state index in [9.17, 15) is 37.9 Å². The maximum atomic E-state index is 11.6. The molecule has 1 rings (SSSR count). The molecule has 3 unspecified atom stereocenters. The Kier molecular flexibility index (Phi) is 9.87. The highest BCUT2D eigenvalue weighted by Crippen LogP contribution is 2.70. The van der Waals surface area contributed by atoms with Crippen molar-refractivity contribution in [3.8, 4) is 0 Å². The number of phosphoric acid groups is 4. The predicted molar refractivity (Wildman–Crippen MR) is 95.6 cm³/mol. The largest absolute Gasteiger partial charge is 0.490 e. The van der Waals surface area contributed by atoms with Crippen LogP contribution in [0.2, 0.25) is 0 Å². The minimum atomic E-state index is -5.95. The van der Waals surface area contributed by atoms with Gasteiger partial charge in [0.1, 0.15) is 11.9 Å². The van der Waals surface area contributed by atoms with E-state index in [4.69, 9.17) is 25.2 Å². The second kappa shape index (κ2) is 10.9. The monoisotopic (exact) mass is 535 g/mol. The van der Waals surface area contributed by atoms with Gasteiger partial charge in [0.2, 0.25) is 0 Å². The molecule has 0 fully saturated rings. The number of aliphatic hydroxyl groups is 1. The molecule has 180 valence electrons. The van der Waals surface area contributed by atoms with Gasteiger partial charge in [-0.2, -0.15) is 17.9 Å². The first-order valence-corrected chi connectivity index (χ1v) is 13.3. The molecule has 0 spiro atoms. The average molecular weight is 535 g/mol. The van der Waals surface area contributed by atoms with Crippen LogP contribution in [0.25, 0.3) is 0 Å². The van der Waals surface area contributed by atoms with Gasteiger partial charge in [-0.15, -0.1) is 0 Å². The van der Waals surface area contributed by atoms with Crippen LogP contribution in [0.5, 0.6) is 0 Å². The second-order valence-electron chi connectivity index (χ2n) is 5.15. The third kappa shape index (κ3) is 11.5. The van der Waals surface area contributed by atoms with E-state index in [-0.39, 0.29) is 12.4 Å². The summed E-state index contributed by atoms with van der Waals surface area (Å²) in [7, 11) is -23.1. The lowest BCUT2D eigenvalue weighted by Crippen LogP contribution is -2.32. The molecule has 0 saturated carbocycles. The summed E-state index contributed by atoms with van der Waals surface area (Å²) in [6.45, 7) is -2.23. The normalized spacial score (nSPS) is 19.2. The van der Waals surface area contributed by atoms with Crippen molar-refractivity contribution in [1.82, 2.24) is 9.55 Å². The summed E-state index contributed by atoms with van der Waals surface area (Å²) in [5, 5.41) is 9.22. The average Bonchev–Trinajstić information content (AvgIpc) is 2.51. The van der Waals surface area contributed by atoms with Crippen LogP contribution < -0.4 is 11.4 Å². The molecule has 1 heterocycles. The van der Waals surface area contributed by atoms with E-state index in [2.05, 4.69) is 22.4 Å². The molecule has 0 aliphatic rings. The van der Waals surface area contributed by atoms with Crippen molar-refractivity contribution in [2.24, 2.45) is 0 Å². The van der Waals surface area contributed by atoms with Gasteiger partial charge in [0.25, 0.3) is 0 Å². The number of aromatic nitrogens is 2. The number of aliphatic hydroxyl groups excluding tert-OH is 1. The number of nitrogens with two attached hydrogens (primary N) is 1. The molecule has 0 aromatic carbocycles. The minimum absolute atomic E-state index is 0.0707. The zero-order valence-electron chi connectivity index (χ0n) is 14.9. The van der Waals surface area contributed by atoms with Crippen molar-refractivity contribution >= 4 is 37.1 Å². The lowest BCUT2D eigenvalue weighted by atomic mass is 10.3. The van der Waals surface area contributed by atoms with Gasteiger partial charge in [-0.25, -0.2) is 23.1 Å². The van der Waals surface area contributed by atoms with Gasteiger partial charge < -0.3 is 40.0 Å². The van der Waals surface area contributed by atoms with Crippen molar-refractivity contribution in [1.29, 1.82) is 0 Å². The Morgan fingerprint density at radius 1 is 1.00 bits per heavy atom. The van der Waals surface area contributed by atoms with Crippen molar-refractivity contribution in [2.75, 3.05) is 19.1 Å². The SMILES string of the molecule is Nc1ccn(C[C@@H](CO)OCOP(=O)(O)OP(=O)(O)OP(=O)(O)OP(=O)(O)O)c(=O)n1. The molecular weight excluding hydrogens is 518 g/mol. The van der Waals surface area contributed by atoms with Crippen LogP contribution in [-0.4, -0.2) is 58.6 Å². The molecule has 31 heavy (non-hydrogen) atoms. The Labute approximate surface area is 172 Å². The smallest absolute Gasteiger partial charge is 0.394 e. The number of hydrogen-bond acceptors (Lipinski definition) is 13. The standard InChI is InChI=1S/C8H17N3O16P4/c9-7-1-2-11(8(13)10-7)3-6(4-12)23-5-24-29(17,18)26-31(21,22)27-30(19,20)25-28(14,15)16/h1-2,6,12H,3-5H2,(H,17,18)(H,19,20)(H,21,22)(H2,9,10,13)(H2,14,15,16)/t6-/m0/s1. The molecule has 1 aromatic heterocycles. The number of phosphoric ester groups is 1. The Balaban J connectivity index is 2.65. The molecule has 4 atom stereocenters. The summed E-state index contributed by atoms with van der Waals surface area (Å²) in [6.07, 6.45) is -0.00117. The lowest BCUT2D eigenvalue weighted by Gasteiger charge is -2.20. The molecule has 1 aromatic rings. The maximum Gasteiger partial charge on any atom is 0.490 e. The second-order valence-corrected chi connectivity index (χ2v) is 11.2. The molecule has 19 nitrogen and oxygen atoms in total. The van der Waals surface area contributed by atoms with Crippen LogP contribution in [0.1, 0.15) is 0 Å². The highest BCUT2D eigenvalue weighted by molar-refractivity contribution is 7.69. The van der Waals surface area contributed by atoms with Crippen molar-refractivity contribution in [3.63, 3.8) is 0 Å². The predicted octanol–water partition coefficient (Wildman–Crippen LogP) is -1.38. The Hall–Kier alpha value is -0.840. The number of ether oxygens (including phenoxy) is 1. The van der Waals surface area contributed by atoms with E-state index in [1.54, 1.807) is 0 Å². The molecule has 0 bridgehead atoms. The van der Waals surface area contributed by atoms with E-state index in [0.29, 0.717) is 0 Å².